The van der Waals surface area contributed by atoms with Crippen LogP contribution in [0, 0.1) is 10.1 Å². The molecule has 12 heteroatoms. The number of nitro groups is 1. The highest BCUT2D eigenvalue weighted by Gasteiger charge is 2.41. The minimum atomic E-state index is -1.04. The summed E-state index contributed by atoms with van der Waals surface area (Å²) in [7, 11) is 2.64. The van der Waals surface area contributed by atoms with Crippen LogP contribution in [-0.4, -0.2) is 47.2 Å². The molecule has 0 saturated carbocycles. The molecule has 0 aliphatic carbocycles. The van der Waals surface area contributed by atoms with E-state index in [2.05, 4.69) is 20.7 Å². The van der Waals surface area contributed by atoms with E-state index in [0.717, 1.165) is 22.2 Å². The van der Waals surface area contributed by atoms with Crippen LogP contribution in [-0.2, 0) is 20.9 Å². The molecule has 0 radical (unpaired) electrons. The van der Waals surface area contributed by atoms with Gasteiger partial charge in [0.05, 0.1) is 24.0 Å². The van der Waals surface area contributed by atoms with Crippen LogP contribution in [0.1, 0.15) is 18.1 Å². The third-order valence-corrected chi connectivity index (χ3v) is 6.43. The molecule has 3 rings (SSSR count). The van der Waals surface area contributed by atoms with E-state index in [1.54, 1.807) is 24.3 Å². The topological polar surface area (TPSA) is 125 Å². The van der Waals surface area contributed by atoms with Crippen molar-refractivity contribution in [3.8, 4) is 11.5 Å². The van der Waals surface area contributed by atoms with E-state index in [1.807, 2.05) is 0 Å². The number of carbonyl (C=O) groups is 3. The summed E-state index contributed by atoms with van der Waals surface area (Å²) >= 11 is 4.15. The first-order valence-electron chi connectivity index (χ1n) is 9.74. The highest BCUT2D eigenvalue weighted by molar-refractivity contribution is 9.10. The number of imide groups is 1. The molecule has 34 heavy (non-hydrogen) atoms. The third kappa shape index (κ3) is 5.39. The van der Waals surface area contributed by atoms with E-state index < -0.39 is 28.1 Å². The van der Waals surface area contributed by atoms with Crippen LogP contribution in [0.25, 0.3) is 6.08 Å². The highest BCUT2D eigenvalue weighted by Crippen LogP contribution is 2.39. The molecule has 0 N–H and O–H groups in total. The van der Waals surface area contributed by atoms with Gasteiger partial charge in [-0.1, -0.05) is 15.9 Å². The largest absolute Gasteiger partial charge is 0.493 e. The molecule has 2 aromatic carbocycles. The molecule has 0 aromatic heterocycles. The van der Waals surface area contributed by atoms with Gasteiger partial charge < -0.3 is 14.2 Å². The van der Waals surface area contributed by atoms with Crippen molar-refractivity contribution in [1.29, 1.82) is 0 Å². The molecule has 1 saturated heterocycles. The maximum atomic E-state index is 12.7. The van der Waals surface area contributed by atoms with Crippen LogP contribution in [0.2, 0.25) is 0 Å². The molecule has 0 unspecified atom stereocenters. The number of nitro benzene ring substituents is 1. The maximum Gasteiger partial charge on any atom is 0.328 e. The van der Waals surface area contributed by atoms with Gasteiger partial charge in [0.15, 0.2) is 11.5 Å². The quantitative estimate of drug-likeness (QED) is 0.201. The Morgan fingerprint density at radius 2 is 1.88 bits per heavy atom. The minimum Gasteiger partial charge on any atom is -0.493 e. The van der Waals surface area contributed by atoms with Gasteiger partial charge in [-0.25, -0.2) is 4.79 Å². The summed E-state index contributed by atoms with van der Waals surface area (Å²) in [5.74, 6) is -0.519. The molecule has 1 fully saturated rings. The monoisotopic (exact) mass is 550 g/mol. The second-order valence-corrected chi connectivity index (χ2v) is 8.84. The van der Waals surface area contributed by atoms with E-state index >= 15 is 0 Å². The van der Waals surface area contributed by atoms with Crippen molar-refractivity contribution in [3.63, 3.8) is 0 Å². The maximum absolute atomic E-state index is 12.7. The van der Waals surface area contributed by atoms with Crippen molar-refractivity contribution >= 4 is 56.6 Å². The summed E-state index contributed by atoms with van der Waals surface area (Å²) in [6.45, 7) is 1.56. The Hall–Kier alpha value is -3.38. The van der Waals surface area contributed by atoms with E-state index in [4.69, 9.17) is 9.47 Å². The second kappa shape index (κ2) is 10.7. The van der Waals surface area contributed by atoms with Gasteiger partial charge in [-0.15, -0.1) is 0 Å². The molecule has 1 aliphatic heterocycles. The number of non-ortho nitro benzene ring substituents is 1. The number of benzene rings is 2. The summed E-state index contributed by atoms with van der Waals surface area (Å²) in [4.78, 5) is 48.1. The smallest absolute Gasteiger partial charge is 0.328 e. The summed E-state index contributed by atoms with van der Waals surface area (Å²) in [5.41, 5.74) is 1.26. The van der Waals surface area contributed by atoms with E-state index in [0.29, 0.717) is 21.5 Å². The first-order valence-corrected chi connectivity index (χ1v) is 11.4. The number of amides is 2. The van der Waals surface area contributed by atoms with Crippen LogP contribution < -0.4 is 9.47 Å². The van der Waals surface area contributed by atoms with Gasteiger partial charge in [-0.3, -0.25) is 24.6 Å². The third-order valence-electron chi connectivity index (χ3n) is 4.86. The standard InChI is InChI=1S/C22H19BrN2O8S/c1-12(21(27)32-3)24-20(26)19(34-22(24)28)9-14-8-17(31-2)18(10-16(14)23)33-11-13-4-6-15(7-5-13)25(29)30/h4-10,12H,11H2,1-3H3/b19-9+/t12-/m0/s1. The summed E-state index contributed by atoms with van der Waals surface area (Å²) < 4.78 is 16.4. The zero-order valence-corrected chi connectivity index (χ0v) is 20.7. The zero-order valence-electron chi connectivity index (χ0n) is 18.3. The lowest BCUT2D eigenvalue weighted by Gasteiger charge is -2.18. The number of halogens is 1. The lowest BCUT2D eigenvalue weighted by molar-refractivity contribution is -0.384. The van der Waals surface area contributed by atoms with Crippen molar-refractivity contribution in [1.82, 2.24) is 4.90 Å². The van der Waals surface area contributed by atoms with E-state index in [1.165, 1.54) is 39.4 Å². The van der Waals surface area contributed by atoms with Crippen LogP contribution in [0.5, 0.6) is 11.5 Å². The number of thioether (sulfide) groups is 1. The fraction of sp³-hybridized carbons (Fsp3) is 0.227. The van der Waals surface area contributed by atoms with Gasteiger partial charge in [-0.2, -0.15) is 0 Å². The number of carbonyl (C=O) groups excluding carboxylic acids is 3. The summed E-state index contributed by atoms with van der Waals surface area (Å²) in [6.07, 6.45) is 1.52. The van der Waals surface area contributed by atoms with Crippen LogP contribution in [0.3, 0.4) is 0 Å². The number of hydrogen-bond acceptors (Lipinski definition) is 9. The molecular weight excluding hydrogens is 532 g/mol. The number of methoxy groups -OCH3 is 2. The molecule has 10 nitrogen and oxygen atoms in total. The fourth-order valence-electron chi connectivity index (χ4n) is 3.04. The Balaban J connectivity index is 1.81. The highest BCUT2D eigenvalue weighted by atomic mass is 79.9. The lowest BCUT2D eigenvalue weighted by atomic mass is 10.1. The molecule has 2 aromatic rings. The minimum absolute atomic E-state index is 0.0150. The molecular formula is C22H19BrN2O8S. The number of ether oxygens (including phenoxy) is 3. The molecule has 2 amide bonds. The Labute approximate surface area is 207 Å². The Kier molecular flexibility index (Phi) is 7.94. The molecule has 1 heterocycles. The molecule has 0 spiro atoms. The predicted molar refractivity (Wildman–Crippen MR) is 127 cm³/mol. The average Bonchev–Trinajstić information content (AvgIpc) is 3.10. The normalized spacial score (nSPS) is 15.4. The van der Waals surface area contributed by atoms with Crippen molar-refractivity contribution in [2.45, 2.75) is 19.6 Å². The van der Waals surface area contributed by atoms with Crippen molar-refractivity contribution in [3.05, 3.63) is 67.0 Å². The van der Waals surface area contributed by atoms with Crippen molar-refractivity contribution in [2.24, 2.45) is 0 Å². The Bertz CT molecular complexity index is 1180. The fourth-order valence-corrected chi connectivity index (χ4v) is 4.38. The zero-order chi connectivity index (χ0) is 25.0. The van der Waals surface area contributed by atoms with E-state index in [-0.39, 0.29) is 17.2 Å². The van der Waals surface area contributed by atoms with Crippen LogP contribution in [0.4, 0.5) is 10.5 Å². The first kappa shape index (κ1) is 25.2. The van der Waals surface area contributed by atoms with Gasteiger partial charge in [0.25, 0.3) is 16.8 Å². The second-order valence-electron chi connectivity index (χ2n) is 6.99. The number of esters is 1. The van der Waals surface area contributed by atoms with Gasteiger partial charge in [0.2, 0.25) is 0 Å². The van der Waals surface area contributed by atoms with Crippen molar-refractivity contribution < 1.29 is 33.5 Å². The molecule has 1 aliphatic rings. The van der Waals surface area contributed by atoms with Crippen LogP contribution >= 0.6 is 27.7 Å². The number of nitrogens with zero attached hydrogens (tertiary/aromatic N) is 2. The molecule has 0 bridgehead atoms. The SMILES string of the molecule is COC(=O)[C@H](C)N1C(=O)S/C(=C/c2cc(OC)c(OCc3ccc([N+](=O)[O-])cc3)cc2Br)C1=O. The number of hydrogen-bond donors (Lipinski definition) is 0. The van der Waals surface area contributed by atoms with Crippen LogP contribution in [0.15, 0.2) is 45.8 Å². The molecule has 1 atom stereocenters. The lowest BCUT2D eigenvalue weighted by Crippen LogP contribution is -2.42. The van der Waals surface area contributed by atoms with E-state index in [9.17, 15) is 24.5 Å². The van der Waals surface area contributed by atoms with Crippen molar-refractivity contribution in [2.75, 3.05) is 14.2 Å². The van der Waals surface area contributed by atoms with Gasteiger partial charge in [0.1, 0.15) is 12.6 Å². The predicted octanol–water partition coefficient (Wildman–Crippen LogP) is 4.54. The van der Waals surface area contributed by atoms with Gasteiger partial charge >= 0.3 is 5.97 Å². The van der Waals surface area contributed by atoms with Gasteiger partial charge in [0, 0.05) is 16.6 Å². The average molecular weight is 551 g/mol. The Morgan fingerprint density at radius 3 is 2.47 bits per heavy atom. The first-order chi connectivity index (χ1) is 16.2. The summed E-state index contributed by atoms with van der Waals surface area (Å²) in [5, 5.41) is 10.2. The number of rotatable bonds is 8. The van der Waals surface area contributed by atoms with Gasteiger partial charge in [-0.05, 0) is 60.2 Å². The Morgan fingerprint density at radius 1 is 1.21 bits per heavy atom. The molecule has 178 valence electrons. The summed E-state index contributed by atoms with van der Waals surface area (Å²) in [6, 6.07) is 8.21.